The first kappa shape index (κ1) is 13.8. The topological polar surface area (TPSA) is 81.4 Å². The number of carboxylic acids is 1. The number of carboxylic acid groups (broad SMARTS) is 1. The highest BCUT2D eigenvalue weighted by Crippen LogP contribution is 2.16. The second-order valence-electron chi connectivity index (χ2n) is 4.18. The summed E-state index contributed by atoms with van der Waals surface area (Å²) in [5.74, 6) is -1.15. The normalized spacial score (nSPS) is 10.3. The maximum atomic E-state index is 11.7. The van der Waals surface area contributed by atoms with Crippen LogP contribution in [0, 0.1) is 6.92 Å². The third-order valence-electron chi connectivity index (χ3n) is 2.67. The van der Waals surface area contributed by atoms with E-state index < -0.39 is 17.1 Å². The molecule has 104 valence electrons. The molecule has 1 aromatic heterocycles. The molecule has 0 bridgehead atoms. The third kappa shape index (κ3) is 2.69. The molecule has 0 radical (unpaired) electrons. The summed E-state index contributed by atoms with van der Waals surface area (Å²) >= 11 is 0. The van der Waals surface area contributed by atoms with E-state index in [-0.39, 0.29) is 5.88 Å². The maximum Gasteiger partial charge on any atom is 0.360 e. The van der Waals surface area contributed by atoms with Crippen LogP contribution in [0.3, 0.4) is 0 Å². The minimum absolute atomic E-state index is 0.214. The van der Waals surface area contributed by atoms with Crippen molar-refractivity contribution in [3.63, 3.8) is 0 Å². The van der Waals surface area contributed by atoms with E-state index >= 15 is 0 Å². The van der Waals surface area contributed by atoms with Crippen molar-refractivity contribution >= 4 is 5.97 Å². The summed E-state index contributed by atoms with van der Waals surface area (Å²) < 4.78 is 6.66. The molecule has 6 nitrogen and oxygen atoms in total. The van der Waals surface area contributed by atoms with Gasteiger partial charge in [0.2, 0.25) is 17.0 Å². The number of nitrogens with zero attached hydrogens (tertiary/aromatic N) is 2. The van der Waals surface area contributed by atoms with E-state index in [9.17, 15) is 9.59 Å². The van der Waals surface area contributed by atoms with Crippen molar-refractivity contribution in [3.8, 4) is 11.6 Å². The number of carbonyl (C=O) groups is 1. The van der Waals surface area contributed by atoms with Crippen molar-refractivity contribution < 1.29 is 14.6 Å². The summed E-state index contributed by atoms with van der Waals surface area (Å²) in [5.41, 5.74) is 0.478. The van der Waals surface area contributed by atoms with Crippen LogP contribution < -0.4 is 10.2 Å². The van der Waals surface area contributed by atoms with Gasteiger partial charge in [0.05, 0.1) is 18.4 Å². The minimum Gasteiger partial charge on any atom is -0.478 e. The SMILES string of the molecule is CCOc1cc(=O)c(C(=O)O)nn1-c1ccc(C)cc1. The summed E-state index contributed by atoms with van der Waals surface area (Å²) in [5, 5.41) is 12.9. The van der Waals surface area contributed by atoms with Crippen LogP contribution >= 0.6 is 0 Å². The monoisotopic (exact) mass is 274 g/mol. The molecule has 1 aromatic carbocycles. The van der Waals surface area contributed by atoms with E-state index in [0.29, 0.717) is 12.3 Å². The van der Waals surface area contributed by atoms with Crippen LogP contribution in [0.15, 0.2) is 35.1 Å². The fourth-order valence-corrected chi connectivity index (χ4v) is 1.71. The molecule has 1 N–H and O–H groups in total. The Hall–Kier alpha value is -2.63. The fourth-order valence-electron chi connectivity index (χ4n) is 1.71. The predicted molar refractivity (Wildman–Crippen MR) is 72.7 cm³/mol. The van der Waals surface area contributed by atoms with Gasteiger partial charge in [0, 0.05) is 0 Å². The highest BCUT2D eigenvalue weighted by molar-refractivity contribution is 5.85. The molecule has 2 aromatic rings. The van der Waals surface area contributed by atoms with Crippen LogP contribution in [0.5, 0.6) is 5.88 Å². The molecule has 0 aliphatic carbocycles. The number of aromatic carboxylic acids is 1. The summed E-state index contributed by atoms with van der Waals surface area (Å²) in [6.07, 6.45) is 0. The largest absolute Gasteiger partial charge is 0.478 e. The molecule has 0 saturated heterocycles. The molecule has 2 rings (SSSR count). The van der Waals surface area contributed by atoms with Crippen LogP contribution in [0.2, 0.25) is 0 Å². The minimum atomic E-state index is -1.36. The summed E-state index contributed by atoms with van der Waals surface area (Å²) in [6.45, 7) is 4.06. The average Bonchev–Trinajstić information content (AvgIpc) is 2.40. The van der Waals surface area contributed by atoms with Gasteiger partial charge in [-0.15, -0.1) is 0 Å². The highest BCUT2D eigenvalue weighted by atomic mass is 16.5. The Labute approximate surface area is 115 Å². The lowest BCUT2D eigenvalue weighted by Gasteiger charge is -2.12. The Kier molecular flexibility index (Phi) is 3.84. The van der Waals surface area contributed by atoms with Gasteiger partial charge in [-0.2, -0.15) is 5.10 Å². The second-order valence-corrected chi connectivity index (χ2v) is 4.18. The smallest absolute Gasteiger partial charge is 0.360 e. The van der Waals surface area contributed by atoms with Gasteiger partial charge < -0.3 is 9.84 Å². The zero-order valence-electron chi connectivity index (χ0n) is 11.2. The van der Waals surface area contributed by atoms with Gasteiger partial charge in [-0.25, -0.2) is 9.48 Å². The molecule has 0 fully saturated rings. The van der Waals surface area contributed by atoms with Crippen molar-refractivity contribution in [1.82, 2.24) is 9.78 Å². The van der Waals surface area contributed by atoms with Gasteiger partial charge in [-0.05, 0) is 26.0 Å². The Morgan fingerprint density at radius 2 is 2.00 bits per heavy atom. The first-order valence-corrected chi connectivity index (χ1v) is 6.10. The van der Waals surface area contributed by atoms with Gasteiger partial charge in [0.25, 0.3) is 0 Å². The molecule has 20 heavy (non-hydrogen) atoms. The molecular weight excluding hydrogens is 260 g/mol. The van der Waals surface area contributed by atoms with Crippen molar-refractivity contribution in [2.24, 2.45) is 0 Å². The van der Waals surface area contributed by atoms with Crippen molar-refractivity contribution in [2.75, 3.05) is 6.61 Å². The first-order valence-electron chi connectivity index (χ1n) is 6.10. The standard InChI is InChI=1S/C14H14N2O4/c1-3-20-12-8-11(17)13(14(18)19)15-16(12)10-6-4-9(2)5-7-10/h4-8H,3H2,1-2H3,(H,18,19). The molecule has 0 unspecified atom stereocenters. The van der Waals surface area contributed by atoms with Gasteiger partial charge in [0.1, 0.15) is 0 Å². The summed E-state index contributed by atoms with van der Waals surface area (Å²) in [6, 6.07) is 8.43. The van der Waals surface area contributed by atoms with Crippen LogP contribution in [-0.2, 0) is 0 Å². The van der Waals surface area contributed by atoms with Gasteiger partial charge in [0.15, 0.2) is 0 Å². The fraction of sp³-hybridized carbons (Fsp3) is 0.214. The molecule has 0 aliphatic heterocycles. The van der Waals surface area contributed by atoms with Gasteiger partial charge >= 0.3 is 5.97 Å². The van der Waals surface area contributed by atoms with Crippen LogP contribution in [0.25, 0.3) is 5.69 Å². The third-order valence-corrected chi connectivity index (χ3v) is 2.67. The molecule has 0 saturated carbocycles. The van der Waals surface area contributed by atoms with Gasteiger partial charge in [-0.1, -0.05) is 17.7 Å². The Balaban J connectivity index is 2.64. The number of hydrogen-bond acceptors (Lipinski definition) is 4. The van der Waals surface area contributed by atoms with E-state index in [1.165, 1.54) is 4.68 Å². The summed E-state index contributed by atoms with van der Waals surface area (Å²) in [7, 11) is 0. The zero-order valence-corrected chi connectivity index (χ0v) is 11.2. The number of hydrogen-bond donors (Lipinski definition) is 1. The van der Waals surface area contributed by atoms with Crippen molar-refractivity contribution in [2.45, 2.75) is 13.8 Å². The zero-order chi connectivity index (χ0) is 14.7. The van der Waals surface area contributed by atoms with Gasteiger partial charge in [-0.3, -0.25) is 4.79 Å². The van der Waals surface area contributed by atoms with E-state index in [1.54, 1.807) is 19.1 Å². The van der Waals surface area contributed by atoms with Crippen LogP contribution in [0.4, 0.5) is 0 Å². The number of ether oxygens (including phenoxy) is 1. The second kappa shape index (κ2) is 5.56. The van der Waals surface area contributed by atoms with E-state index in [1.807, 2.05) is 19.1 Å². The number of aromatic nitrogens is 2. The lowest BCUT2D eigenvalue weighted by molar-refractivity contribution is 0.0686. The Morgan fingerprint density at radius 1 is 1.35 bits per heavy atom. The molecule has 0 spiro atoms. The van der Waals surface area contributed by atoms with Crippen molar-refractivity contribution in [1.29, 1.82) is 0 Å². The maximum absolute atomic E-state index is 11.7. The number of rotatable bonds is 4. The van der Waals surface area contributed by atoms with E-state index in [4.69, 9.17) is 9.84 Å². The molecular formula is C14H14N2O4. The highest BCUT2D eigenvalue weighted by Gasteiger charge is 2.16. The summed E-state index contributed by atoms with van der Waals surface area (Å²) in [4.78, 5) is 22.7. The molecule has 0 atom stereocenters. The lowest BCUT2D eigenvalue weighted by Crippen LogP contribution is -2.22. The number of aryl methyl sites for hydroxylation is 1. The number of benzene rings is 1. The Bertz CT molecular complexity index is 689. The van der Waals surface area contributed by atoms with E-state index in [0.717, 1.165) is 11.6 Å². The van der Waals surface area contributed by atoms with Crippen molar-refractivity contribution in [3.05, 3.63) is 51.8 Å². The Morgan fingerprint density at radius 3 is 2.55 bits per heavy atom. The predicted octanol–water partition coefficient (Wildman–Crippen LogP) is 1.64. The first-order chi connectivity index (χ1) is 9.52. The molecule has 0 aliphatic rings. The average molecular weight is 274 g/mol. The lowest BCUT2D eigenvalue weighted by atomic mass is 10.2. The van der Waals surface area contributed by atoms with Crippen LogP contribution in [-0.4, -0.2) is 27.5 Å². The molecule has 1 heterocycles. The molecule has 6 heteroatoms. The van der Waals surface area contributed by atoms with E-state index in [2.05, 4.69) is 5.10 Å². The van der Waals surface area contributed by atoms with Crippen LogP contribution in [0.1, 0.15) is 23.0 Å². The quantitative estimate of drug-likeness (QED) is 0.916. The molecule has 0 amide bonds.